The van der Waals surface area contributed by atoms with Crippen LogP contribution in [0.1, 0.15) is 49.1 Å². The van der Waals surface area contributed by atoms with Crippen LogP contribution in [-0.2, 0) is 28.9 Å². The molecule has 0 aliphatic carbocycles. The lowest BCUT2D eigenvalue weighted by Crippen LogP contribution is -2.47. The van der Waals surface area contributed by atoms with Gasteiger partial charge in [0, 0.05) is 68.2 Å². The number of Topliss-reactive ketones (excluding diaryl/α,β-unsaturated/α-hetero) is 2. The van der Waals surface area contributed by atoms with Crippen LogP contribution in [-0.4, -0.2) is 72.7 Å². The number of allylic oxidation sites excluding steroid dienone is 2. The molecule has 2 aliphatic rings. The summed E-state index contributed by atoms with van der Waals surface area (Å²) in [6.07, 6.45) is 1.45. The molecule has 6 rings (SSSR count). The van der Waals surface area contributed by atoms with Gasteiger partial charge >= 0.3 is 12.2 Å². The number of fused-ring (bicyclic) bond motifs is 1. The van der Waals surface area contributed by atoms with E-state index in [4.69, 9.17) is 0 Å². The first-order valence-electron chi connectivity index (χ1n) is 14.5. The van der Waals surface area contributed by atoms with Crippen molar-refractivity contribution >= 4 is 45.3 Å². The van der Waals surface area contributed by atoms with Crippen LogP contribution < -0.4 is 0 Å². The van der Waals surface area contributed by atoms with Crippen molar-refractivity contribution in [2.24, 2.45) is 5.92 Å². The molecule has 2 aliphatic heterocycles. The quantitative estimate of drug-likeness (QED) is 0.321. The first kappa shape index (κ1) is 29.6. The van der Waals surface area contributed by atoms with Crippen LogP contribution >= 0.6 is 0 Å². The molecule has 2 amide bonds. The number of aliphatic hydroxyl groups is 1. The number of hydrogen-bond donors (Lipinski definition) is 1. The molecule has 0 atom stereocenters. The van der Waals surface area contributed by atoms with Crippen molar-refractivity contribution in [3.8, 4) is 0 Å². The van der Waals surface area contributed by atoms with Crippen LogP contribution in [0.2, 0.25) is 0 Å². The van der Waals surface area contributed by atoms with Crippen LogP contribution in [0.25, 0.3) is 27.7 Å². The molecule has 3 aromatic heterocycles. The van der Waals surface area contributed by atoms with Gasteiger partial charge in [0.1, 0.15) is 5.65 Å². The Morgan fingerprint density at radius 2 is 1.70 bits per heavy atom. The third-order valence-electron chi connectivity index (χ3n) is 8.66. The van der Waals surface area contributed by atoms with Crippen LogP contribution in [0.5, 0.6) is 0 Å². The van der Waals surface area contributed by atoms with Gasteiger partial charge in [-0.15, -0.1) is 0 Å². The van der Waals surface area contributed by atoms with E-state index in [2.05, 4.69) is 4.98 Å². The maximum atomic E-state index is 14.3. The summed E-state index contributed by atoms with van der Waals surface area (Å²) in [4.78, 5) is 47.6. The summed E-state index contributed by atoms with van der Waals surface area (Å²) in [5.74, 6) is -0.767. The van der Waals surface area contributed by atoms with Gasteiger partial charge in [0.05, 0.1) is 28.5 Å². The van der Waals surface area contributed by atoms with Gasteiger partial charge in [-0.25, -0.2) is 9.78 Å². The van der Waals surface area contributed by atoms with Crippen molar-refractivity contribution in [1.29, 1.82) is 0 Å². The number of imidazole rings is 1. The number of rotatable bonds is 5. The van der Waals surface area contributed by atoms with E-state index >= 15 is 0 Å². The standard InChI is InChI=1S/C32H32F3N5O4/c1-19(42)28(29(20(2)43)26-15-36-27-5-3-4-8-40(26)27)25-17-38-11-12-39(31(44)37-9-6-21(18-41)7-10-37)16-22-13-23(32(33,34)35)14-24(25)30(22)38/h3-5,8,13-15,17,21,41H,6-7,9-12,16,18H2,1-2H3/b29-28-. The highest BCUT2D eigenvalue weighted by molar-refractivity contribution is 6.40. The zero-order valence-electron chi connectivity index (χ0n) is 24.4. The molecule has 230 valence electrons. The second kappa shape index (κ2) is 11.2. The number of aliphatic hydroxyl groups excluding tert-OH is 1. The lowest BCUT2D eigenvalue weighted by molar-refractivity contribution is -0.137. The monoisotopic (exact) mass is 607 g/mol. The number of alkyl halides is 3. The van der Waals surface area contributed by atoms with E-state index in [0.717, 1.165) is 12.1 Å². The number of hydrogen-bond acceptors (Lipinski definition) is 5. The molecular weight excluding hydrogens is 575 g/mol. The van der Waals surface area contributed by atoms with Crippen molar-refractivity contribution in [2.45, 2.75) is 46.0 Å². The molecule has 1 aromatic carbocycles. The molecule has 0 bridgehead atoms. The predicted octanol–water partition coefficient (Wildman–Crippen LogP) is 5.04. The lowest BCUT2D eigenvalue weighted by atomic mass is 9.91. The third-order valence-corrected chi connectivity index (χ3v) is 8.66. The normalized spacial score (nSPS) is 16.8. The average molecular weight is 608 g/mol. The van der Waals surface area contributed by atoms with Crippen LogP contribution in [0, 0.1) is 5.92 Å². The highest BCUT2D eigenvalue weighted by Crippen LogP contribution is 2.40. The largest absolute Gasteiger partial charge is 0.416 e. The van der Waals surface area contributed by atoms with E-state index in [1.165, 1.54) is 20.0 Å². The molecule has 9 nitrogen and oxygen atoms in total. The van der Waals surface area contributed by atoms with E-state index in [-0.39, 0.29) is 60.3 Å². The van der Waals surface area contributed by atoms with E-state index in [0.29, 0.717) is 48.4 Å². The van der Waals surface area contributed by atoms with E-state index in [1.807, 2.05) is 0 Å². The highest BCUT2D eigenvalue weighted by atomic mass is 19.4. The zero-order valence-corrected chi connectivity index (χ0v) is 24.4. The van der Waals surface area contributed by atoms with E-state index in [1.54, 1.807) is 49.4 Å². The number of pyridine rings is 1. The van der Waals surface area contributed by atoms with Gasteiger partial charge in [-0.3, -0.25) is 14.0 Å². The lowest BCUT2D eigenvalue weighted by Gasteiger charge is -2.35. The van der Waals surface area contributed by atoms with Gasteiger partial charge in [0.2, 0.25) is 0 Å². The number of carbonyl (C=O) groups is 3. The van der Waals surface area contributed by atoms with Crippen molar-refractivity contribution in [3.05, 3.63) is 71.3 Å². The molecule has 1 fully saturated rings. The maximum absolute atomic E-state index is 14.3. The number of carbonyl (C=O) groups excluding carboxylic acids is 3. The maximum Gasteiger partial charge on any atom is 0.416 e. The molecule has 1 N–H and O–H groups in total. The number of nitrogens with zero attached hydrogens (tertiary/aromatic N) is 5. The second-order valence-corrected chi connectivity index (χ2v) is 11.5. The van der Waals surface area contributed by atoms with Crippen LogP contribution in [0.3, 0.4) is 0 Å². The number of halogens is 3. The summed E-state index contributed by atoms with van der Waals surface area (Å²) in [6, 6.07) is 7.12. The van der Waals surface area contributed by atoms with Crippen molar-refractivity contribution in [1.82, 2.24) is 23.8 Å². The SMILES string of the molecule is CC(=O)/C(=C(\C(C)=O)c1cnc2ccccn12)c1cn2c3c(cc(C(F)(F)F)cc13)CN(C(=O)N1CCC(CO)CC1)CC2. The number of likely N-dealkylation sites (tertiary alicyclic amines) is 1. The highest BCUT2D eigenvalue weighted by Gasteiger charge is 2.35. The number of aromatic nitrogens is 3. The molecule has 12 heteroatoms. The van der Waals surface area contributed by atoms with Gasteiger partial charge in [0.15, 0.2) is 11.6 Å². The molecule has 1 saturated heterocycles. The second-order valence-electron chi connectivity index (χ2n) is 11.5. The summed E-state index contributed by atoms with van der Waals surface area (Å²) in [6.45, 7) is 4.10. The Kier molecular flexibility index (Phi) is 7.56. The van der Waals surface area contributed by atoms with Crippen molar-refractivity contribution in [2.75, 3.05) is 26.2 Å². The van der Waals surface area contributed by atoms with E-state index in [9.17, 15) is 32.7 Å². The molecule has 4 aromatic rings. The molecule has 44 heavy (non-hydrogen) atoms. The summed E-state index contributed by atoms with van der Waals surface area (Å²) >= 11 is 0. The molecular formula is C32H32F3N5O4. The first-order chi connectivity index (χ1) is 21.0. The molecule has 5 heterocycles. The van der Waals surface area contributed by atoms with E-state index < -0.39 is 23.3 Å². The number of piperidine rings is 1. The Morgan fingerprint density at radius 3 is 2.36 bits per heavy atom. The van der Waals surface area contributed by atoms with Gasteiger partial charge in [0.25, 0.3) is 0 Å². The van der Waals surface area contributed by atoms with Gasteiger partial charge in [-0.1, -0.05) is 6.07 Å². The van der Waals surface area contributed by atoms with Crippen molar-refractivity contribution < 1.29 is 32.7 Å². The molecule has 0 radical (unpaired) electrons. The number of urea groups is 1. The van der Waals surface area contributed by atoms with Crippen molar-refractivity contribution in [3.63, 3.8) is 0 Å². The first-order valence-corrected chi connectivity index (χ1v) is 14.5. The average Bonchev–Trinajstić information content (AvgIpc) is 3.52. The molecule has 0 saturated carbocycles. The topological polar surface area (TPSA) is 100 Å². The number of benzene rings is 1. The Hall–Kier alpha value is -4.45. The summed E-state index contributed by atoms with van der Waals surface area (Å²) in [7, 11) is 0. The number of amides is 2. The molecule has 0 unspecified atom stereocenters. The minimum atomic E-state index is -4.69. The minimum absolute atomic E-state index is 0.0115. The fourth-order valence-electron chi connectivity index (χ4n) is 6.47. The molecule has 0 spiro atoms. The zero-order chi connectivity index (χ0) is 31.3. The number of ketones is 2. The van der Waals surface area contributed by atoms with Crippen LogP contribution in [0.15, 0.2) is 48.9 Å². The fraction of sp³-hybridized carbons (Fsp3) is 0.375. The van der Waals surface area contributed by atoms with Gasteiger partial charge in [-0.2, -0.15) is 13.2 Å². The Labute approximate surface area is 251 Å². The Bertz CT molecular complexity index is 1830. The van der Waals surface area contributed by atoms with Gasteiger partial charge in [-0.05, 0) is 62.4 Å². The Morgan fingerprint density at radius 1 is 0.977 bits per heavy atom. The predicted molar refractivity (Wildman–Crippen MR) is 157 cm³/mol. The summed E-state index contributed by atoms with van der Waals surface area (Å²) in [5, 5.41) is 9.65. The summed E-state index contributed by atoms with van der Waals surface area (Å²) in [5.41, 5.74) is 1.10. The minimum Gasteiger partial charge on any atom is -0.396 e. The summed E-state index contributed by atoms with van der Waals surface area (Å²) < 4.78 is 46.3. The smallest absolute Gasteiger partial charge is 0.396 e. The third kappa shape index (κ3) is 5.17. The van der Waals surface area contributed by atoms with Crippen LogP contribution in [0.4, 0.5) is 18.0 Å². The van der Waals surface area contributed by atoms with Gasteiger partial charge < -0.3 is 19.5 Å². The fourth-order valence-corrected chi connectivity index (χ4v) is 6.47. The Balaban J connectivity index is 1.52.